The third-order valence-electron chi connectivity index (χ3n) is 5.95. The molecule has 1 aromatic rings. The molecule has 2 aliphatic rings. The van der Waals surface area contributed by atoms with E-state index in [0.29, 0.717) is 55.7 Å². The molecule has 2 amide bonds. The second-order valence-corrected chi connectivity index (χ2v) is 8.66. The lowest BCUT2D eigenvalue weighted by atomic mass is 9.87. The topological polar surface area (TPSA) is 108 Å². The van der Waals surface area contributed by atoms with Gasteiger partial charge in [-0.1, -0.05) is 32.1 Å². The lowest BCUT2D eigenvalue weighted by Gasteiger charge is -2.34. The Labute approximate surface area is 185 Å². The summed E-state index contributed by atoms with van der Waals surface area (Å²) >= 11 is -2.24. The van der Waals surface area contributed by atoms with Crippen molar-refractivity contribution in [3.8, 4) is 5.75 Å². The Bertz CT molecular complexity index is 791. The van der Waals surface area contributed by atoms with Crippen LogP contribution in [-0.2, 0) is 16.0 Å². The highest BCUT2D eigenvalue weighted by Crippen LogP contribution is 2.27. The summed E-state index contributed by atoms with van der Waals surface area (Å²) in [6.07, 6.45) is 6.96. The molecule has 1 saturated heterocycles. The molecular formula is C21H31N3O6S. The molecule has 1 saturated carbocycles. The van der Waals surface area contributed by atoms with Gasteiger partial charge < -0.3 is 19.3 Å². The van der Waals surface area contributed by atoms with Crippen molar-refractivity contribution in [3.05, 3.63) is 23.8 Å². The van der Waals surface area contributed by atoms with Crippen molar-refractivity contribution >= 4 is 29.0 Å². The average Bonchev–Trinajstić information content (AvgIpc) is 2.79. The van der Waals surface area contributed by atoms with Gasteiger partial charge in [0.2, 0.25) is 0 Å². The number of methoxy groups -OCH3 is 1. The lowest BCUT2D eigenvalue weighted by Crippen LogP contribution is -2.50. The van der Waals surface area contributed by atoms with E-state index in [2.05, 4.69) is 4.72 Å². The van der Waals surface area contributed by atoms with Crippen LogP contribution in [0.4, 0.5) is 10.5 Å². The Balaban J connectivity index is 1.46. The molecule has 3 rings (SSSR count). The molecule has 0 aromatic heterocycles. The molecule has 1 aliphatic heterocycles. The highest BCUT2D eigenvalue weighted by molar-refractivity contribution is 7.80. The summed E-state index contributed by atoms with van der Waals surface area (Å²) in [5, 5.41) is 0. The zero-order valence-corrected chi connectivity index (χ0v) is 18.7. The summed E-state index contributed by atoms with van der Waals surface area (Å²) in [5.74, 6) is 0.792. The number of benzene rings is 1. The normalized spacial score (nSPS) is 18.4. The number of carbonyl (C=O) groups excluding carboxylic acids is 2. The Morgan fingerprint density at radius 2 is 1.81 bits per heavy atom. The van der Waals surface area contributed by atoms with Gasteiger partial charge in [-0.3, -0.25) is 14.1 Å². The van der Waals surface area contributed by atoms with Gasteiger partial charge in [-0.15, -0.1) is 0 Å². The second kappa shape index (κ2) is 11.3. The van der Waals surface area contributed by atoms with E-state index in [4.69, 9.17) is 14.0 Å². The smallest absolute Gasteiger partial charge is 0.409 e. The molecule has 9 nitrogen and oxygen atoms in total. The molecule has 1 aliphatic carbocycles. The van der Waals surface area contributed by atoms with Gasteiger partial charge in [0.15, 0.2) is 0 Å². The van der Waals surface area contributed by atoms with Crippen LogP contribution in [0.25, 0.3) is 0 Å². The van der Waals surface area contributed by atoms with Gasteiger partial charge in [-0.05, 0) is 30.5 Å². The monoisotopic (exact) mass is 453 g/mol. The van der Waals surface area contributed by atoms with E-state index in [1.807, 2.05) is 0 Å². The Morgan fingerprint density at radius 3 is 2.45 bits per heavy atom. The van der Waals surface area contributed by atoms with Crippen molar-refractivity contribution in [2.24, 2.45) is 5.92 Å². The number of hydrogen-bond donors (Lipinski definition) is 2. The van der Waals surface area contributed by atoms with Gasteiger partial charge >= 0.3 is 6.09 Å². The molecular weight excluding hydrogens is 422 g/mol. The fourth-order valence-electron chi connectivity index (χ4n) is 4.16. The van der Waals surface area contributed by atoms with Crippen LogP contribution < -0.4 is 9.46 Å². The summed E-state index contributed by atoms with van der Waals surface area (Å²) in [7, 11) is 1.42. The largest absolute Gasteiger partial charge is 0.495 e. The summed E-state index contributed by atoms with van der Waals surface area (Å²) < 4.78 is 33.0. The van der Waals surface area contributed by atoms with Crippen LogP contribution in [0.5, 0.6) is 5.75 Å². The molecule has 0 spiro atoms. The molecule has 1 aromatic carbocycles. The number of hydrogen-bond acceptors (Lipinski definition) is 5. The number of carbonyl (C=O) groups is 2. The Morgan fingerprint density at radius 1 is 1.13 bits per heavy atom. The van der Waals surface area contributed by atoms with Crippen molar-refractivity contribution in [2.75, 3.05) is 44.6 Å². The molecule has 0 bridgehead atoms. The van der Waals surface area contributed by atoms with Crippen LogP contribution in [0.15, 0.2) is 18.2 Å². The number of anilines is 1. The van der Waals surface area contributed by atoms with E-state index in [-0.39, 0.29) is 12.0 Å². The van der Waals surface area contributed by atoms with E-state index in [9.17, 15) is 13.8 Å². The van der Waals surface area contributed by atoms with Crippen LogP contribution in [0.3, 0.4) is 0 Å². The van der Waals surface area contributed by atoms with Crippen LogP contribution in [0, 0.1) is 5.92 Å². The maximum Gasteiger partial charge on any atom is 0.409 e. The standard InChI is InChI=1S/C21H31N3O6S/c1-29-19-15-17(7-8-18(19)22-31(27)28)20(25)23-10-12-24(13-11-23)21(26)30-14-9-16-5-3-2-4-6-16/h7-8,15-16,22H,2-6,9-14H2,1H3,(H,27,28). The lowest BCUT2D eigenvalue weighted by molar-refractivity contribution is 0.0543. The highest BCUT2D eigenvalue weighted by atomic mass is 32.2. The van der Waals surface area contributed by atoms with Gasteiger partial charge in [0, 0.05) is 31.7 Å². The second-order valence-electron chi connectivity index (χ2n) is 7.95. The minimum absolute atomic E-state index is 0.180. The van der Waals surface area contributed by atoms with E-state index < -0.39 is 11.3 Å². The van der Waals surface area contributed by atoms with Gasteiger partial charge in [0.05, 0.1) is 19.4 Å². The maximum atomic E-state index is 12.8. The number of nitrogens with one attached hydrogen (secondary N) is 1. The van der Waals surface area contributed by atoms with Crippen molar-refractivity contribution in [1.29, 1.82) is 0 Å². The Kier molecular flexibility index (Phi) is 8.53. The third-order valence-corrected chi connectivity index (χ3v) is 6.34. The van der Waals surface area contributed by atoms with E-state index in [1.165, 1.54) is 51.3 Å². The molecule has 31 heavy (non-hydrogen) atoms. The molecule has 10 heteroatoms. The first kappa shape index (κ1) is 23.3. The van der Waals surface area contributed by atoms with Crippen LogP contribution >= 0.6 is 0 Å². The van der Waals surface area contributed by atoms with Crippen LogP contribution in [0.2, 0.25) is 0 Å². The predicted molar refractivity (Wildman–Crippen MR) is 117 cm³/mol. The quantitative estimate of drug-likeness (QED) is 0.614. The van der Waals surface area contributed by atoms with Crippen molar-refractivity contribution in [1.82, 2.24) is 9.80 Å². The van der Waals surface area contributed by atoms with Crippen molar-refractivity contribution in [2.45, 2.75) is 38.5 Å². The first-order valence-electron chi connectivity index (χ1n) is 10.7. The van der Waals surface area contributed by atoms with Crippen LogP contribution in [0.1, 0.15) is 48.9 Å². The van der Waals surface area contributed by atoms with Crippen LogP contribution in [-0.4, -0.2) is 70.5 Å². The van der Waals surface area contributed by atoms with E-state index in [0.717, 1.165) is 6.42 Å². The number of rotatable bonds is 7. The van der Waals surface area contributed by atoms with Gasteiger partial charge in [-0.2, -0.15) is 0 Å². The molecule has 2 fully saturated rings. The molecule has 172 valence electrons. The molecule has 0 radical (unpaired) electrons. The molecule has 1 atom stereocenters. The van der Waals surface area contributed by atoms with Crippen molar-refractivity contribution in [3.63, 3.8) is 0 Å². The fourth-order valence-corrected chi connectivity index (χ4v) is 4.51. The van der Waals surface area contributed by atoms with Gasteiger partial charge in [0.1, 0.15) is 5.75 Å². The third kappa shape index (κ3) is 6.57. The number of ether oxygens (including phenoxy) is 2. The molecule has 2 N–H and O–H groups in total. The first-order valence-corrected chi connectivity index (χ1v) is 11.8. The predicted octanol–water partition coefficient (Wildman–Crippen LogP) is 3.11. The van der Waals surface area contributed by atoms with Gasteiger partial charge in [-0.25, -0.2) is 9.00 Å². The zero-order chi connectivity index (χ0) is 22.2. The molecule has 1 heterocycles. The number of nitrogens with zero attached hydrogens (tertiary/aromatic N) is 2. The van der Waals surface area contributed by atoms with E-state index in [1.54, 1.807) is 15.9 Å². The highest BCUT2D eigenvalue weighted by Gasteiger charge is 2.26. The fraction of sp³-hybridized carbons (Fsp3) is 0.619. The Hall–Kier alpha value is -2.33. The number of piperazine rings is 1. The maximum absolute atomic E-state index is 12.8. The zero-order valence-electron chi connectivity index (χ0n) is 17.9. The summed E-state index contributed by atoms with van der Waals surface area (Å²) in [6.45, 7) is 2.14. The van der Waals surface area contributed by atoms with Gasteiger partial charge in [0.25, 0.3) is 17.2 Å². The number of amides is 2. The summed E-state index contributed by atoms with van der Waals surface area (Å²) in [4.78, 5) is 28.5. The first-order chi connectivity index (χ1) is 15.0. The average molecular weight is 454 g/mol. The minimum atomic E-state index is -2.24. The molecule has 1 unspecified atom stereocenters. The SMILES string of the molecule is COc1cc(C(=O)N2CCN(C(=O)OCCC3CCCCC3)CC2)ccc1NS(=O)O. The summed E-state index contributed by atoms with van der Waals surface area (Å²) in [5.41, 5.74) is 0.732. The summed E-state index contributed by atoms with van der Waals surface area (Å²) in [6, 6.07) is 4.63. The minimum Gasteiger partial charge on any atom is -0.495 e. The van der Waals surface area contributed by atoms with Crippen molar-refractivity contribution < 1.29 is 27.8 Å². The van der Waals surface area contributed by atoms with E-state index >= 15 is 0 Å².